The van der Waals surface area contributed by atoms with Gasteiger partial charge in [-0.3, -0.25) is 0 Å². The maximum atomic E-state index is 8.97. The topological polar surface area (TPSA) is 20.2 Å². The highest BCUT2D eigenvalue weighted by molar-refractivity contribution is 14.1. The standard InChI is InChI=1S/C9H6I2OS/c10-8-6-2-1-5(4-12)3-7(6)13-9(8)11/h1-3,12H,4H2. The second-order valence-corrected chi connectivity index (χ2v) is 6.62. The third kappa shape index (κ3) is 1.86. The highest BCUT2D eigenvalue weighted by atomic mass is 127. The molecule has 2 rings (SSSR count). The van der Waals surface area contributed by atoms with Crippen molar-refractivity contribution in [2.45, 2.75) is 6.61 Å². The molecule has 0 bridgehead atoms. The third-order valence-electron chi connectivity index (χ3n) is 1.84. The molecule has 0 spiro atoms. The highest BCUT2D eigenvalue weighted by Gasteiger charge is 2.06. The molecule has 0 fully saturated rings. The second kappa shape index (κ2) is 4.00. The fourth-order valence-electron chi connectivity index (χ4n) is 1.18. The zero-order valence-corrected chi connectivity index (χ0v) is 11.7. The van der Waals surface area contributed by atoms with Crippen molar-refractivity contribution in [3.8, 4) is 0 Å². The zero-order chi connectivity index (χ0) is 9.42. The van der Waals surface area contributed by atoms with Gasteiger partial charge in [-0.1, -0.05) is 12.1 Å². The van der Waals surface area contributed by atoms with E-state index < -0.39 is 0 Å². The molecule has 68 valence electrons. The molecule has 1 aromatic carbocycles. The SMILES string of the molecule is OCc1ccc2c(I)c(I)sc2c1. The van der Waals surface area contributed by atoms with Crippen molar-refractivity contribution in [2.75, 3.05) is 0 Å². The van der Waals surface area contributed by atoms with Crippen LogP contribution < -0.4 is 0 Å². The number of thiophene rings is 1. The molecule has 2 aromatic rings. The second-order valence-electron chi connectivity index (χ2n) is 2.68. The van der Waals surface area contributed by atoms with Crippen molar-refractivity contribution in [1.29, 1.82) is 0 Å². The molecule has 0 atom stereocenters. The molecule has 13 heavy (non-hydrogen) atoms. The van der Waals surface area contributed by atoms with E-state index in [1.807, 2.05) is 6.07 Å². The van der Waals surface area contributed by atoms with Crippen LogP contribution in [-0.4, -0.2) is 5.11 Å². The summed E-state index contributed by atoms with van der Waals surface area (Å²) in [5.74, 6) is 0. The van der Waals surface area contributed by atoms with Crippen LogP contribution in [0.25, 0.3) is 10.1 Å². The van der Waals surface area contributed by atoms with E-state index in [2.05, 4.69) is 57.3 Å². The minimum Gasteiger partial charge on any atom is -0.392 e. The van der Waals surface area contributed by atoms with Crippen molar-refractivity contribution >= 4 is 66.6 Å². The van der Waals surface area contributed by atoms with Gasteiger partial charge in [-0.15, -0.1) is 11.3 Å². The molecular weight excluding hydrogens is 410 g/mol. The molecule has 1 heterocycles. The van der Waals surface area contributed by atoms with E-state index in [-0.39, 0.29) is 6.61 Å². The summed E-state index contributed by atoms with van der Waals surface area (Å²) in [6.45, 7) is 0.126. The summed E-state index contributed by atoms with van der Waals surface area (Å²) in [6.07, 6.45) is 0. The van der Waals surface area contributed by atoms with Crippen LogP contribution in [0, 0.1) is 6.45 Å². The molecule has 0 aliphatic heterocycles. The number of hydrogen-bond acceptors (Lipinski definition) is 2. The van der Waals surface area contributed by atoms with Crippen molar-refractivity contribution in [1.82, 2.24) is 0 Å². The van der Waals surface area contributed by atoms with Gasteiger partial charge in [0.15, 0.2) is 0 Å². The summed E-state index contributed by atoms with van der Waals surface area (Å²) in [4.78, 5) is 0. The summed E-state index contributed by atoms with van der Waals surface area (Å²) in [5.41, 5.74) is 0.988. The quantitative estimate of drug-likeness (QED) is 0.705. The van der Waals surface area contributed by atoms with Gasteiger partial charge in [0.05, 0.1) is 9.49 Å². The zero-order valence-electron chi connectivity index (χ0n) is 6.55. The first-order chi connectivity index (χ1) is 6.22. The normalized spacial score (nSPS) is 11.0. The van der Waals surface area contributed by atoms with Crippen molar-refractivity contribution in [3.63, 3.8) is 0 Å². The smallest absolute Gasteiger partial charge is 0.0799 e. The molecule has 0 saturated heterocycles. The van der Waals surface area contributed by atoms with Crippen LogP contribution in [0.4, 0.5) is 0 Å². The van der Waals surface area contributed by atoms with Crippen LogP contribution in [0.3, 0.4) is 0 Å². The Kier molecular flexibility index (Phi) is 3.11. The van der Waals surface area contributed by atoms with Crippen LogP contribution in [0.1, 0.15) is 5.56 Å². The maximum absolute atomic E-state index is 8.97. The highest BCUT2D eigenvalue weighted by Crippen LogP contribution is 2.33. The Morgan fingerprint density at radius 3 is 2.77 bits per heavy atom. The number of fused-ring (bicyclic) bond motifs is 1. The minimum absolute atomic E-state index is 0.126. The summed E-state index contributed by atoms with van der Waals surface area (Å²) < 4.78 is 3.91. The van der Waals surface area contributed by atoms with Crippen LogP contribution in [0.2, 0.25) is 0 Å². The molecule has 1 nitrogen and oxygen atoms in total. The number of aliphatic hydroxyl groups is 1. The van der Waals surface area contributed by atoms with E-state index in [0.717, 1.165) is 5.56 Å². The number of rotatable bonds is 1. The molecule has 0 aliphatic carbocycles. The van der Waals surface area contributed by atoms with Gasteiger partial charge in [0.25, 0.3) is 0 Å². The minimum atomic E-state index is 0.126. The summed E-state index contributed by atoms with van der Waals surface area (Å²) in [5, 5.41) is 10.3. The Labute approximate surface area is 107 Å². The molecule has 0 saturated carbocycles. The van der Waals surface area contributed by atoms with Gasteiger partial charge >= 0.3 is 0 Å². The van der Waals surface area contributed by atoms with Gasteiger partial charge in [-0.25, -0.2) is 0 Å². The van der Waals surface area contributed by atoms with E-state index in [1.165, 1.54) is 16.5 Å². The first-order valence-electron chi connectivity index (χ1n) is 3.69. The van der Waals surface area contributed by atoms with Gasteiger partial charge in [0.1, 0.15) is 0 Å². The molecule has 0 radical (unpaired) electrons. The van der Waals surface area contributed by atoms with Gasteiger partial charge in [0, 0.05) is 13.7 Å². The summed E-state index contributed by atoms with van der Waals surface area (Å²) >= 11 is 6.49. The first kappa shape index (κ1) is 10.1. The van der Waals surface area contributed by atoms with Crippen molar-refractivity contribution in [3.05, 3.63) is 30.2 Å². The van der Waals surface area contributed by atoms with Crippen LogP contribution in [-0.2, 0) is 6.61 Å². The van der Waals surface area contributed by atoms with Crippen LogP contribution >= 0.6 is 56.5 Å². The van der Waals surface area contributed by atoms with Crippen molar-refractivity contribution in [2.24, 2.45) is 0 Å². The molecule has 4 heteroatoms. The fourth-order valence-corrected chi connectivity index (χ4v) is 4.05. The first-order valence-corrected chi connectivity index (χ1v) is 6.67. The molecule has 0 aliphatic rings. The summed E-state index contributed by atoms with van der Waals surface area (Å²) in [7, 11) is 0. The van der Waals surface area contributed by atoms with Crippen molar-refractivity contribution < 1.29 is 5.11 Å². The largest absolute Gasteiger partial charge is 0.392 e. The Morgan fingerprint density at radius 1 is 1.31 bits per heavy atom. The lowest BCUT2D eigenvalue weighted by atomic mass is 10.2. The average Bonchev–Trinajstić information content (AvgIpc) is 2.42. The van der Waals surface area contributed by atoms with E-state index in [1.54, 1.807) is 11.3 Å². The molecule has 0 amide bonds. The lowest BCUT2D eigenvalue weighted by Crippen LogP contribution is -1.80. The number of halogens is 2. The molecule has 1 N–H and O–H groups in total. The predicted molar refractivity (Wildman–Crippen MR) is 73.2 cm³/mol. The van der Waals surface area contributed by atoms with E-state index in [4.69, 9.17) is 5.11 Å². The predicted octanol–water partition coefficient (Wildman–Crippen LogP) is 3.60. The molecular formula is C9H6I2OS. The Bertz CT molecular complexity index is 450. The van der Waals surface area contributed by atoms with E-state index in [9.17, 15) is 0 Å². The Morgan fingerprint density at radius 2 is 2.08 bits per heavy atom. The number of aliphatic hydroxyl groups excluding tert-OH is 1. The number of benzene rings is 1. The van der Waals surface area contributed by atoms with Gasteiger partial charge in [0.2, 0.25) is 0 Å². The van der Waals surface area contributed by atoms with Gasteiger partial charge in [-0.2, -0.15) is 0 Å². The van der Waals surface area contributed by atoms with Gasteiger partial charge in [-0.05, 0) is 56.8 Å². The van der Waals surface area contributed by atoms with Gasteiger partial charge < -0.3 is 5.11 Å². The third-order valence-corrected chi connectivity index (χ3v) is 6.50. The summed E-state index contributed by atoms with van der Waals surface area (Å²) in [6, 6.07) is 6.12. The lowest BCUT2D eigenvalue weighted by molar-refractivity contribution is 0.282. The number of hydrogen-bond donors (Lipinski definition) is 1. The fraction of sp³-hybridized carbons (Fsp3) is 0.111. The lowest BCUT2D eigenvalue weighted by Gasteiger charge is -1.95. The van der Waals surface area contributed by atoms with E-state index in [0.29, 0.717) is 0 Å². The molecule has 0 unspecified atom stereocenters. The van der Waals surface area contributed by atoms with Crippen LogP contribution in [0.15, 0.2) is 18.2 Å². The Balaban J connectivity index is 2.73. The van der Waals surface area contributed by atoms with Crippen LogP contribution in [0.5, 0.6) is 0 Å². The van der Waals surface area contributed by atoms with E-state index >= 15 is 0 Å². The molecule has 1 aromatic heterocycles. The monoisotopic (exact) mass is 416 g/mol. The Hall–Kier alpha value is 0.600. The average molecular weight is 416 g/mol. The maximum Gasteiger partial charge on any atom is 0.0799 e.